The summed E-state index contributed by atoms with van der Waals surface area (Å²) in [5.41, 5.74) is 0.236. The van der Waals surface area contributed by atoms with Gasteiger partial charge in [-0.2, -0.15) is 23.1 Å². The number of pyridine rings is 1. The van der Waals surface area contributed by atoms with Crippen molar-refractivity contribution in [2.45, 2.75) is 31.5 Å². The summed E-state index contributed by atoms with van der Waals surface area (Å²) in [5.74, 6) is 0.0925. The van der Waals surface area contributed by atoms with E-state index in [1.165, 1.54) is 12.3 Å². The number of halogens is 4. The van der Waals surface area contributed by atoms with E-state index >= 15 is 4.39 Å². The number of fused-ring (bicyclic) bond motifs is 4. The van der Waals surface area contributed by atoms with Crippen LogP contribution < -0.4 is 15.0 Å². The molecule has 0 spiro atoms. The standard InChI is InChI=1S/C27H25F4N5O2/c28-22-23(20-11-18(37)10-16-3-1-2-4-19(16)20)33-13-21-24(22)34-26(38-8-6-27(29,30)31)35-25(21)36-7-5-15-9-17(14-36)32-12-15/h1-4,10-11,13,15,17,32,37H,5-9,12,14H2. The van der Waals surface area contributed by atoms with Crippen LogP contribution in [0, 0.1) is 11.7 Å². The molecule has 2 aliphatic rings. The van der Waals surface area contributed by atoms with E-state index in [9.17, 15) is 18.3 Å². The van der Waals surface area contributed by atoms with Gasteiger partial charge in [-0.05, 0) is 48.2 Å². The predicted octanol–water partition coefficient (Wildman–Crippen LogP) is 5.21. The van der Waals surface area contributed by atoms with Crippen LogP contribution in [0.1, 0.15) is 19.3 Å². The molecular weight excluding hydrogens is 502 g/mol. The van der Waals surface area contributed by atoms with Gasteiger partial charge in [-0.3, -0.25) is 4.98 Å². The number of alkyl halides is 3. The Morgan fingerprint density at radius 1 is 1.13 bits per heavy atom. The van der Waals surface area contributed by atoms with Gasteiger partial charge in [0, 0.05) is 30.9 Å². The van der Waals surface area contributed by atoms with Gasteiger partial charge in [-0.15, -0.1) is 0 Å². The van der Waals surface area contributed by atoms with Crippen molar-refractivity contribution in [3.05, 3.63) is 48.4 Å². The monoisotopic (exact) mass is 527 g/mol. The third-order valence-electron chi connectivity index (χ3n) is 7.22. The highest BCUT2D eigenvalue weighted by Crippen LogP contribution is 2.37. The van der Waals surface area contributed by atoms with Crippen molar-refractivity contribution >= 4 is 27.5 Å². The Kier molecular flexibility index (Phi) is 6.17. The lowest BCUT2D eigenvalue weighted by atomic mass is 10.0. The first-order chi connectivity index (χ1) is 18.2. The first-order valence-electron chi connectivity index (χ1n) is 12.5. The summed E-state index contributed by atoms with van der Waals surface area (Å²) in [4.78, 5) is 15.0. The lowest BCUT2D eigenvalue weighted by Gasteiger charge is -2.27. The molecule has 2 unspecified atom stereocenters. The Labute approximate surface area is 215 Å². The van der Waals surface area contributed by atoms with Crippen LogP contribution in [-0.2, 0) is 0 Å². The van der Waals surface area contributed by atoms with Gasteiger partial charge >= 0.3 is 12.2 Å². The number of rotatable bonds is 5. The highest BCUT2D eigenvalue weighted by atomic mass is 19.4. The number of nitrogens with one attached hydrogen (secondary N) is 1. The van der Waals surface area contributed by atoms with Crippen LogP contribution in [-0.4, -0.2) is 58.5 Å². The molecule has 2 saturated heterocycles. The molecule has 198 valence electrons. The van der Waals surface area contributed by atoms with Gasteiger partial charge in [-0.25, -0.2) is 4.39 Å². The normalized spacial score (nSPS) is 19.7. The maximum atomic E-state index is 16.2. The van der Waals surface area contributed by atoms with Crippen LogP contribution in [0.25, 0.3) is 32.9 Å². The first-order valence-corrected chi connectivity index (χ1v) is 12.5. The van der Waals surface area contributed by atoms with Gasteiger partial charge < -0.3 is 20.1 Å². The van der Waals surface area contributed by atoms with E-state index in [-0.39, 0.29) is 29.0 Å². The minimum atomic E-state index is -4.41. The zero-order valence-corrected chi connectivity index (χ0v) is 20.3. The van der Waals surface area contributed by atoms with E-state index < -0.39 is 25.0 Å². The third kappa shape index (κ3) is 4.78. The van der Waals surface area contributed by atoms with Crippen LogP contribution in [0.4, 0.5) is 23.4 Å². The second-order valence-electron chi connectivity index (χ2n) is 9.88. The fraction of sp³-hybridized carbons (Fsp3) is 0.370. The van der Waals surface area contributed by atoms with Crippen molar-refractivity contribution in [3.63, 3.8) is 0 Å². The average Bonchev–Trinajstić information content (AvgIpc) is 3.21. The molecule has 0 saturated carbocycles. The van der Waals surface area contributed by atoms with Crippen LogP contribution in [0.15, 0.2) is 42.6 Å². The molecule has 2 aromatic heterocycles. The number of anilines is 1. The molecule has 2 N–H and O–H groups in total. The highest BCUT2D eigenvalue weighted by molar-refractivity contribution is 5.99. The molecular formula is C27H25F4N5O2. The summed E-state index contributed by atoms with van der Waals surface area (Å²) in [6, 6.07) is 10.1. The lowest BCUT2D eigenvalue weighted by Crippen LogP contribution is -2.39. The molecule has 2 atom stereocenters. The number of hydrogen-bond acceptors (Lipinski definition) is 7. The molecule has 0 aliphatic carbocycles. The Morgan fingerprint density at radius 2 is 1.97 bits per heavy atom. The predicted molar refractivity (Wildman–Crippen MR) is 135 cm³/mol. The Balaban J connectivity index is 1.48. The SMILES string of the molecule is Oc1cc(-c2ncc3c(N4CCC5CNC(C5)C4)nc(OCCC(F)(F)F)nc3c2F)c2ccccc2c1. The van der Waals surface area contributed by atoms with Crippen LogP contribution in [0.2, 0.25) is 0 Å². The summed E-state index contributed by atoms with van der Waals surface area (Å²) in [6.45, 7) is 1.55. The second-order valence-corrected chi connectivity index (χ2v) is 9.88. The summed E-state index contributed by atoms with van der Waals surface area (Å²) in [5, 5.41) is 15.5. The van der Waals surface area contributed by atoms with Gasteiger partial charge in [0.2, 0.25) is 0 Å². The van der Waals surface area contributed by atoms with E-state index in [1.807, 2.05) is 11.0 Å². The average molecular weight is 528 g/mol. The number of phenolic OH excluding ortho intramolecular Hbond substituents is 1. The molecule has 7 nitrogen and oxygen atoms in total. The molecule has 2 fully saturated rings. The van der Waals surface area contributed by atoms with E-state index in [4.69, 9.17) is 4.74 Å². The summed E-state index contributed by atoms with van der Waals surface area (Å²) >= 11 is 0. The number of ether oxygens (including phenoxy) is 1. The third-order valence-corrected chi connectivity index (χ3v) is 7.22. The topological polar surface area (TPSA) is 83.4 Å². The summed E-state index contributed by atoms with van der Waals surface area (Å²) in [6.07, 6.45) is -2.18. The van der Waals surface area contributed by atoms with Crippen molar-refractivity contribution in [1.82, 2.24) is 20.3 Å². The zero-order valence-electron chi connectivity index (χ0n) is 20.3. The fourth-order valence-corrected chi connectivity index (χ4v) is 5.41. The molecule has 0 amide bonds. The molecule has 2 aromatic carbocycles. The van der Waals surface area contributed by atoms with Crippen LogP contribution >= 0.6 is 0 Å². The molecule has 4 heterocycles. The summed E-state index contributed by atoms with van der Waals surface area (Å²) < 4.78 is 59.7. The maximum Gasteiger partial charge on any atom is 0.392 e. The number of phenols is 1. The van der Waals surface area contributed by atoms with Crippen molar-refractivity contribution in [2.75, 3.05) is 31.1 Å². The van der Waals surface area contributed by atoms with Crippen molar-refractivity contribution in [3.8, 4) is 23.0 Å². The van der Waals surface area contributed by atoms with E-state index in [0.717, 1.165) is 19.4 Å². The first kappa shape index (κ1) is 24.6. The molecule has 0 radical (unpaired) electrons. The Morgan fingerprint density at radius 3 is 2.82 bits per heavy atom. The molecule has 11 heteroatoms. The van der Waals surface area contributed by atoms with Crippen LogP contribution in [0.3, 0.4) is 0 Å². The summed E-state index contributed by atoms with van der Waals surface area (Å²) in [7, 11) is 0. The number of nitrogens with zero attached hydrogens (tertiary/aromatic N) is 4. The van der Waals surface area contributed by atoms with Gasteiger partial charge in [0.05, 0.1) is 11.8 Å². The van der Waals surface area contributed by atoms with Crippen LogP contribution in [0.5, 0.6) is 11.8 Å². The zero-order chi connectivity index (χ0) is 26.4. The Bertz CT molecular complexity index is 1510. The van der Waals surface area contributed by atoms with Crippen molar-refractivity contribution in [1.29, 1.82) is 0 Å². The van der Waals surface area contributed by atoms with Crippen molar-refractivity contribution in [2.24, 2.45) is 5.92 Å². The van der Waals surface area contributed by atoms with Gasteiger partial charge in [0.15, 0.2) is 5.82 Å². The molecule has 6 rings (SSSR count). The Hall–Kier alpha value is -3.73. The second kappa shape index (κ2) is 9.54. The number of hydrogen-bond donors (Lipinski definition) is 2. The molecule has 4 aromatic rings. The molecule has 2 bridgehead atoms. The minimum absolute atomic E-state index is 0.0351. The highest BCUT2D eigenvalue weighted by Gasteiger charge is 2.32. The largest absolute Gasteiger partial charge is 0.508 e. The quantitative estimate of drug-likeness (QED) is 0.345. The molecule has 2 aliphatic heterocycles. The maximum absolute atomic E-state index is 16.2. The van der Waals surface area contributed by atoms with E-state index in [2.05, 4.69) is 20.3 Å². The van der Waals surface area contributed by atoms with E-state index in [0.29, 0.717) is 46.5 Å². The fourth-order valence-electron chi connectivity index (χ4n) is 5.41. The number of aromatic nitrogens is 3. The smallest absolute Gasteiger partial charge is 0.392 e. The lowest BCUT2D eigenvalue weighted by molar-refractivity contribution is -0.139. The van der Waals surface area contributed by atoms with Gasteiger partial charge in [0.25, 0.3) is 0 Å². The minimum Gasteiger partial charge on any atom is -0.508 e. The number of aromatic hydroxyl groups is 1. The number of benzene rings is 2. The van der Waals surface area contributed by atoms with E-state index in [1.54, 1.807) is 24.3 Å². The molecule has 38 heavy (non-hydrogen) atoms. The van der Waals surface area contributed by atoms with Gasteiger partial charge in [-0.1, -0.05) is 24.3 Å². The van der Waals surface area contributed by atoms with Crippen molar-refractivity contribution < 1.29 is 27.4 Å². The van der Waals surface area contributed by atoms with Gasteiger partial charge in [0.1, 0.15) is 29.4 Å².